The highest BCUT2D eigenvalue weighted by atomic mass is 32.1. The van der Waals surface area contributed by atoms with Crippen molar-refractivity contribution in [2.24, 2.45) is 0 Å². The molecule has 116 valence electrons. The first-order valence-corrected chi connectivity index (χ1v) is 8.16. The minimum atomic E-state index is -0.338. The molecule has 2 aromatic carbocycles. The van der Waals surface area contributed by atoms with Crippen LogP contribution in [0.3, 0.4) is 0 Å². The van der Waals surface area contributed by atoms with Crippen LogP contribution in [0.25, 0.3) is 11.0 Å². The summed E-state index contributed by atoms with van der Waals surface area (Å²) in [5, 5.41) is 11.6. The molecule has 0 unspecified atom stereocenters. The van der Waals surface area contributed by atoms with E-state index in [4.69, 9.17) is 0 Å². The summed E-state index contributed by atoms with van der Waals surface area (Å²) in [4.78, 5) is 13.3. The molecule has 0 bridgehead atoms. The van der Waals surface area contributed by atoms with Gasteiger partial charge in [0.25, 0.3) is 0 Å². The van der Waals surface area contributed by atoms with E-state index in [1.165, 1.54) is 5.56 Å². The summed E-state index contributed by atoms with van der Waals surface area (Å²) < 4.78 is 8.21. The predicted octanol–water partition coefficient (Wildman–Crippen LogP) is 3.59. The number of hydrogen-bond donors (Lipinski definition) is 0. The average Bonchev–Trinajstić information content (AvgIpc) is 3.23. The van der Waals surface area contributed by atoms with Gasteiger partial charge in [0.1, 0.15) is 11.2 Å². The molecule has 1 aromatic heterocycles. The number of anilines is 1. The maximum Gasteiger partial charge on any atom is 0.321 e. The molecular weight excluding hydrogens is 312 g/mol. The standard InChI is InChI=1S/C16H14N4O2S/c21-20(22)16-14(7-6-13-15(16)18-23-17-13)19-9-8-12(10-19)11-4-2-1-3-5-11/h1-7,12H,8-10H2/t12-/m1/s1. The zero-order valence-corrected chi connectivity index (χ0v) is 13.1. The second-order valence-corrected chi connectivity index (χ2v) is 6.19. The van der Waals surface area contributed by atoms with Crippen LogP contribution in [-0.4, -0.2) is 26.8 Å². The van der Waals surface area contributed by atoms with Crippen molar-refractivity contribution in [3.05, 3.63) is 58.1 Å². The van der Waals surface area contributed by atoms with Gasteiger partial charge in [-0.2, -0.15) is 8.75 Å². The van der Waals surface area contributed by atoms with Crippen molar-refractivity contribution < 1.29 is 4.92 Å². The number of benzene rings is 2. The molecule has 7 heteroatoms. The van der Waals surface area contributed by atoms with E-state index in [-0.39, 0.29) is 10.6 Å². The fourth-order valence-corrected chi connectivity index (χ4v) is 3.78. The Balaban J connectivity index is 1.70. The van der Waals surface area contributed by atoms with E-state index < -0.39 is 0 Å². The lowest BCUT2D eigenvalue weighted by Crippen LogP contribution is -2.20. The van der Waals surface area contributed by atoms with Crippen LogP contribution < -0.4 is 4.90 Å². The van der Waals surface area contributed by atoms with Gasteiger partial charge in [-0.15, -0.1) is 0 Å². The van der Waals surface area contributed by atoms with Crippen LogP contribution in [0.4, 0.5) is 11.4 Å². The van der Waals surface area contributed by atoms with Gasteiger partial charge in [0, 0.05) is 19.0 Å². The topological polar surface area (TPSA) is 72.2 Å². The van der Waals surface area contributed by atoms with E-state index in [1.807, 2.05) is 24.3 Å². The number of rotatable bonds is 3. The molecule has 1 saturated heterocycles. The van der Waals surface area contributed by atoms with Gasteiger partial charge in [-0.05, 0) is 24.1 Å². The van der Waals surface area contributed by atoms with Crippen LogP contribution >= 0.6 is 11.7 Å². The highest BCUT2D eigenvalue weighted by Gasteiger charge is 2.30. The Kier molecular flexibility index (Phi) is 3.42. The van der Waals surface area contributed by atoms with Crippen molar-refractivity contribution in [1.29, 1.82) is 0 Å². The maximum atomic E-state index is 11.6. The Morgan fingerprint density at radius 2 is 2.00 bits per heavy atom. The molecule has 0 spiro atoms. The number of nitro benzene ring substituents is 1. The molecule has 1 aliphatic rings. The average molecular weight is 326 g/mol. The second kappa shape index (κ2) is 5.58. The molecule has 2 heterocycles. The minimum absolute atomic E-state index is 0.0740. The van der Waals surface area contributed by atoms with Crippen LogP contribution in [0.5, 0.6) is 0 Å². The normalized spacial score (nSPS) is 17.7. The third kappa shape index (κ3) is 2.43. The molecular formula is C16H14N4O2S. The lowest BCUT2D eigenvalue weighted by atomic mass is 9.99. The molecule has 4 rings (SSSR count). The Bertz CT molecular complexity index is 865. The quantitative estimate of drug-likeness (QED) is 0.543. The van der Waals surface area contributed by atoms with Gasteiger partial charge in [-0.1, -0.05) is 30.3 Å². The van der Waals surface area contributed by atoms with Crippen molar-refractivity contribution in [3.63, 3.8) is 0 Å². The van der Waals surface area contributed by atoms with E-state index >= 15 is 0 Å². The third-order valence-electron chi connectivity index (χ3n) is 4.36. The van der Waals surface area contributed by atoms with Gasteiger partial charge < -0.3 is 4.90 Å². The van der Waals surface area contributed by atoms with Crippen LogP contribution in [0.15, 0.2) is 42.5 Å². The molecule has 23 heavy (non-hydrogen) atoms. The maximum absolute atomic E-state index is 11.6. The summed E-state index contributed by atoms with van der Waals surface area (Å²) in [6.07, 6.45) is 0.995. The molecule has 1 aliphatic heterocycles. The van der Waals surface area contributed by atoms with Gasteiger partial charge in [-0.25, -0.2) is 0 Å². The van der Waals surface area contributed by atoms with E-state index in [2.05, 4.69) is 25.8 Å². The molecule has 3 aromatic rings. The fourth-order valence-electron chi connectivity index (χ4n) is 3.24. The van der Waals surface area contributed by atoms with Crippen molar-refractivity contribution in [2.45, 2.75) is 12.3 Å². The van der Waals surface area contributed by atoms with Gasteiger partial charge in [0.2, 0.25) is 0 Å². The minimum Gasteiger partial charge on any atom is -0.365 e. The largest absolute Gasteiger partial charge is 0.365 e. The highest BCUT2D eigenvalue weighted by Crippen LogP contribution is 2.39. The number of nitro groups is 1. The lowest BCUT2D eigenvalue weighted by molar-refractivity contribution is -0.382. The fraction of sp³-hybridized carbons (Fsp3) is 0.250. The van der Waals surface area contributed by atoms with Gasteiger partial charge in [-0.3, -0.25) is 10.1 Å². The van der Waals surface area contributed by atoms with Gasteiger partial charge in [0.15, 0.2) is 5.52 Å². The first kappa shape index (κ1) is 14.1. The predicted molar refractivity (Wildman–Crippen MR) is 90.1 cm³/mol. The summed E-state index contributed by atoms with van der Waals surface area (Å²) in [7, 11) is 0. The van der Waals surface area contributed by atoms with Crippen LogP contribution in [0.1, 0.15) is 17.9 Å². The van der Waals surface area contributed by atoms with E-state index in [0.717, 1.165) is 31.2 Å². The molecule has 0 amide bonds. The Morgan fingerprint density at radius 1 is 1.17 bits per heavy atom. The molecule has 0 saturated carbocycles. The number of aromatic nitrogens is 2. The van der Waals surface area contributed by atoms with Crippen LogP contribution in [0.2, 0.25) is 0 Å². The highest BCUT2D eigenvalue weighted by molar-refractivity contribution is 7.00. The van der Waals surface area contributed by atoms with Crippen LogP contribution in [-0.2, 0) is 0 Å². The van der Waals surface area contributed by atoms with Gasteiger partial charge >= 0.3 is 5.69 Å². The zero-order chi connectivity index (χ0) is 15.8. The van der Waals surface area contributed by atoms with Crippen molar-refractivity contribution in [1.82, 2.24) is 8.75 Å². The summed E-state index contributed by atoms with van der Waals surface area (Å²) >= 11 is 1.01. The van der Waals surface area contributed by atoms with Crippen molar-refractivity contribution in [3.8, 4) is 0 Å². The Morgan fingerprint density at radius 3 is 2.78 bits per heavy atom. The van der Waals surface area contributed by atoms with E-state index in [0.29, 0.717) is 22.6 Å². The lowest BCUT2D eigenvalue weighted by Gasteiger charge is -2.18. The van der Waals surface area contributed by atoms with E-state index in [1.54, 1.807) is 6.07 Å². The molecule has 0 N–H and O–H groups in total. The third-order valence-corrected chi connectivity index (χ3v) is 4.90. The molecule has 6 nitrogen and oxygen atoms in total. The molecule has 1 atom stereocenters. The van der Waals surface area contributed by atoms with Crippen molar-refractivity contribution in [2.75, 3.05) is 18.0 Å². The first-order chi connectivity index (χ1) is 11.2. The molecule has 0 aliphatic carbocycles. The summed E-state index contributed by atoms with van der Waals surface area (Å²) in [5.41, 5.74) is 2.98. The summed E-state index contributed by atoms with van der Waals surface area (Å²) in [6.45, 7) is 1.59. The summed E-state index contributed by atoms with van der Waals surface area (Å²) in [5.74, 6) is 0.403. The van der Waals surface area contributed by atoms with Crippen molar-refractivity contribution >= 4 is 34.1 Å². The van der Waals surface area contributed by atoms with Gasteiger partial charge in [0.05, 0.1) is 16.7 Å². The molecule has 0 radical (unpaired) electrons. The smallest absolute Gasteiger partial charge is 0.321 e. The van der Waals surface area contributed by atoms with Crippen LogP contribution in [0, 0.1) is 10.1 Å². The Labute approximate surface area is 136 Å². The number of hydrogen-bond acceptors (Lipinski definition) is 6. The van der Waals surface area contributed by atoms with E-state index in [9.17, 15) is 10.1 Å². The summed E-state index contributed by atoms with van der Waals surface area (Å²) in [6, 6.07) is 13.9. The Hall–Kier alpha value is -2.54. The zero-order valence-electron chi connectivity index (χ0n) is 12.3. The SMILES string of the molecule is O=[N+]([O-])c1c(N2CC[C@@H](c3ccccc3)C2)ccc2nsnc12. The first-order valence-electron chi connectivity index (χ1n) is 7.43. The number of fused-ring (bicyclic) bond motifs is 1. The number of nitrogens with zero attached hydrogens (tertiary/aromatic N) is 4. The monoisotopic (exact) mass is 326 g/mol. The molecule has 1 fully saturated rings. The second-order valence-electron chi connectivity index (χ2n) is 5.66.